The van der Waals surface area contributed by atoms with Gasteiger partial charge in [0, 0.05) is 19.3 Å². The van der Waals surface area contributed by atoms with Crippen molar-refractivity contribution in [3.05, 3.63) is 146 Å². The van der Waals surface area contributed by atoms with Crippen molar-refractivity contribution < 1.29 is 28.6 Å². The summed E-state index contributed by atoms with van der Waals surface area (Å²) in [6.45, 7) is 6.34. The molecule has 1 atom stereocenters. The van der Waals surface area contributed by atoms with E-state index in [0.29, 0.717) is 12.8 Å². The first-order valence-electron chi connectivity index (χ1n) is 30.3. The molecule has 0 saturated carbocycles. The zero-order valence-corrected chi connectivity index (χ0v) is 48.3. The highest BCUT2D eigenvalue weighted by Crippen LogP contribution is 2.15. The third kappa shape index (κ3) is 60.0. The molecule has 0 saturated heterocycles. The summed E-state index contributed by atoms with van der Waals surface area (Å²) in [4.78, 5) is 38.2. The molecule has 6 heteroatoms. The van der Waals surface area contributed by atoms with Gasteiger partial charge >= 0.3 is 17.9 Å². The number of ether oxygens (including phenoxy) is 3. The summed E-state index contributed by atoms with van der Waals surface area (Å²) in [5, 5.41) is 0. The van der Waals surface area contributed by atoms with Crippen molar-refractivity contribution >= 4 is 17.9 Å². The fourth-order valence-electron chi connectivity index (χ4n) is 7.87. The van der Waals surface area contributed by atoms with Crippen molar-refractivity contribution in [2.45, 2.75) is 258 Å². The Balaban J connectivity index is 4.52. The number of hydrogen-bond donors (Lipinski definition) is 0. The molecule has 75 heavy (non-hydrogen) atoms. The van der Waals surface area contributed by atoms with E-state index in [1.54, 1.807) is 0 Å². The molecule has 0 aliphatic rings. The Morgan fingerprint density at radius 3 is 0.867 bits per heavy atom. The smallest absolute Gasteiger partial charge is 0.306 e. The van der Waals surface area contributed by atoms with Crippen LogP contribution in [-0.4, -0.2) is 37.2 Å². The predicted molar refractivity (Wildman–Crippen MR) is 325 cm³/mol. The van der Waals surface area contributed by atoms with Crippen molar-refractivity contribution in [3.63, 3.8) is 0 Å². The van der Waals surface area contributed by atoms with E-state index in [1.165, 1.54) is 64.2 Å². The van der Waals surface area contributed by atoms with Crippen molar-refractivity contribution in [1.29, 1.82) is 0 Å². The van der Waals surface area contributed by atoms with Crippen LogP contribution in [0, 0.1) is 0 Å². The summed E-state index contributed by atoms with van der Waals surface area (Å²) in [6, 6.07) is 0. The van der Waals surface area contributed by atoms with Crippen molar-refractivity contribution in [2.75, 3.05) is 13.2 Å². The second-order valence-electron chi connectivity index (χ2n) is 19.5. The molecule has 0 fully saturated rings. The molecule has 0 aromatic carbocycles. The number of carbonyl (C=O) groups excluding carboxylic acids is 3. The van der Waals surface area contributed by atoms with Crippen molar-refractivity contribution in [1.82, 2.24) is 0 Å². The molecule has 6 nitrogen and oxygen atoms in total. The van der Waals surface area contributed by atoms with Crippen LogP contribution >= 0.6 is 0 Å². The fraction of sp³-hybridized carbons (Fsp3) is 0.609. The highest BCUT2D eigenvalue weighted by molar-refractivity contribution is 5.71. The third-order valence-corrected chi connectivity index (χ3v) is 12.3. The summed E-state index contributed by atoms with van der Waals surface area (Å²) in [5.41, 5.74) is 0. The largest absolute Gasteiger partial charge is 0.462 e. The molecule has 0 N–H and O–H groups in total. The molecule has 0 aliphatic heterocycles. The van der Waals surface area contributed by atoms with E-state index in [4.69, 9.17) is 14.2 Å². The maximum atomic E-state index is 12.9. The maximum absolute atomic E-state index is 12.9. The minimum absolute atomic E-state index is 0.108. The van der Waals surface area contributed by atoms with Crippen LogP contribution in [0.15, 0.2) is 146 Å². The number of carbonyl (C=O) groups is 3. The average molecular weight is 1040 g/mol. The standard InChI is InChI=1S/C69H110O6/c1-4-7-10-13-16-19-22-25-27-29-31-33-34-36-37-39-41-44-47-50-53-56-59-62-68(71)74-65-66(64-73-67(70)61-58-55-52-49-46-43-24-21-18-15-12-9-6-3)75-69(72)63-60-57-54-51-48-45-42-40-38-35-32-30-28-26-23-20-17-14-11-8-5-2/h7-8,10-11,16-17,19-20,25-28,31-33,35-37,40-42,44,50,53,66H,4-6,9,12-15,18,21-24,29-30,34,38-39,43,45-49,51-52,54-65H2,1-3H3/b10-7-,11-8-,19-16-,20-17-,27-25-,28-26-,33-31-,35-32-,37-36-,42-40-,44-41-,53-50-. The first-order chi connectivity index (χ1) is 37.0. The Bertz CT molecular complexity index is 1660. The van der Waals surface area contributed by atoms with Crippen LogP contribution in [0.3, 0.4) is 0 Å². The normalized spacial score (nSPS) is 13.2. The van der Waals surface area contributed by atoms with Gasteiger partial charge in [-0.3, -0.25) is 14.4 Å². The van der Waals surface area contributed by atoms with Crippen molar-refractivity contribution in [3.8, 4) is 0 Å². The van der Waals surface area contributed by atoms with E-state index in [0.717, 1.165) is 141 Å². The van der Waals surface area contributed by atoms with E-state index in [-0.39, 0.29) is 44.0 Å². The van der Waals surface area contributed by atoms with Gasteiger partial charge in [0.25, 0.3) is 0 Å². The molecule has 422 valence electrons. The lowest BCUT2D eigenvalue weighted by Gasteiger charge is -2.18. The van der Waals surface area contributed by atoms with Crippen LogP contribution in [-0.2, 0) is 28.6 Å². The Morgan fingerprint density at radius 2 is 0.533 bits per heavy atom. The maximum Gasteiger partial charge on any atom is 0.306 e. The summed E-state index contributed by atoms with van der Waals surface area (Å²) in [5.74, 6) is -0.991. The van der Waals surface area contributed by atoms with Crippen molar-refractivity contribution in [2.24, 2.45) is 0 Å². The second-order valence-corrected chi connectivity index (χ2v) is 19.5. The first-order valence-corrected chi connectivity index (χ1v) is 30.3. The van der Waals surface area contributed by atoms with E-state index in [2.05, 4.69) is 167 Å². The molecule has 0 heterocycles. The summed E-state index contributed by atoms with van der Waals surface area (Å²) >= 11 is 0. The topological polar surface area (TPSA) is 78.9 Å². The van der Waals surface area contributed by atoms with Gasteiger partial charge in [0.15, 0.2) is 6.10 Å². The van der Waals surface area contributed by atoms with Crippen LogP contribution < -0.4 is 0 Å². The van der Waals surface area contributed by atoms with E-state index < -0.39 is 6.10 Å². The molecule has 1 unspecified atom stereocenters. The molecule has 0 aromatic rings. The molecule has 0 spiro atoms. The Labute approximate surface area is 461 Å². The lowest BCUT2D eigenvalue weighted by atomic mass is 10.0. The number of esters is 3. The van der Waals surface area contributed by atoms with Gasteiger partial charge in [-0.15, -0.1) is 0 Å². The zero-order chi connectivity index (χ0) is 54.3. The van der Waals surface area contributed by atoms with Gasteiger partial charge in [0.1, 0.15) is 13.2 Å². The summed E-state index contributed by atoms with van der Waals surface area (Å²) in [6.07, 6.45) is 88.4. The van der Waals surface area contributed by atoms with Crippen LogP contribution in [0.1, 0.15) is 252 Å². The average Bonchev–Trinajstić information content (AvgIpc) is 3.41. The van der Waals surface area contributed by atoms with Crippen LogP contribution in [0.5, 0.6) is 0 Å². The Kier molecular flexibility index (Phi) is 58.0. The number of allylic oxidation sites excluding steroid dienone is 24. The van der Waals surface area contributed by atoms with Crippen LogP contribution in [0.25, 0.3) is 0 Å². The molecule has 0 amide bonds. The molecular weight excluding hydrogens is 925 g/mol. The van der Waals surface area contributed by atoms with Gasteiger partial charge in [-0.2, -0.15) is 0 Å². The van der Waals surface area contributed by atoms with Gasteiger partial charge in [-0.25, -0.2) is 0 Å². The van der Waals surface area contributed by atoms with Crippen LogP contribution in [0.4, 0.5) is 0 Å². The number of hydrogen-bond acceptors (Lipinski definition) is 6. The SMILES string of the molecule is CC/C=C\C/C=C\C/C=C\C/C=C\C/C=C\C/C=C\C/C=C\CCCC(=O)OCC(COC(=O)CCCCCCCCCCCCCCC)OC(=O)CCCCCCC/C=C\C/C=C\C/C=C\C/C=C\C/C=C\CC. The van der Waals surface area contributed by atoms with E-state index >= 15 is 0 Å². The summed E-state index contributed by atoms with van der Waals surface area (Å²) in [7, 11) is 0. The predicted octanol–water partition coefficient (Wildman–Crippen LogP) is 20.8. The number of unbranched alkanes of at least 4 members (excludes halogenated alkanes) is 18. The third-order valence-electron chi connectivity index (χ3n) is 12.3. The van der Waals surface area contributed by atoms with E-state index in [9.17, 15) is 14.4 Å². The molecule has 0 aliphatic carbocycles. The lowest BCUT2D eigenvalue weighted by Crippen LogP contribution is -2.30. The van der Waals surface area contributed by atoms with E-state index in [1.807, 2.05) is 0 Å². The summed E-state index contributed by atoms with van der Waals surface area (Å²) < 4.78 is 16.8. The molecule has 0 aromatic heterocycles. The van der Waals surface area contributed by atoms with Gasteiger partial charge in [-0.05, 0) is 116 Å². The molecule has 0 radical (unpaired) electrons. The fourth-order valence-corrected chi connectivity index (χ4v) is 7.87. The Hall–Kier alpha value is -4.71. The minimum atomic E-state index is -0.818. The minimum Gasteiger partial charge on any atom is -0.462 e. The highest BCUT2D eigenvalue weighted by atomic mass is 16.6. The van der Waals surface area contributed by atoms with Crippen LogP contribution in [0.2, 0.25) is 0 Å². The molecular formula is C69H110O6. The van der Waals surface area contributed by atoms with Gasteiger partial charge in [-0.1, -0.05) is 263 Å². The van der Waals surface area contributed by atoms with Gasteiger partial charge in [0.2, 0.25) is 0 Å². The van der Waals surface area contributed by atoms with Gasteiger partial charge < -0.3 is 14.2 Å². The quantitative estimate of drug-likeness (QED) is 0.0261. The zero-order valence-electron chi connectivity index (χ0n) is 48.3. The van der Waals surface area contributed by atoms with Gasteiger partial charge in [0.05, 0.1) is 0 Å². The molecule has 0 rings (SSSR count). The molecule has 0 bridgehead atoms. The highest BCUT2D eigenvalue weighted by Gasteiger charge is 2.19. The second kappa shape index (κ2) is 61.8. The lowest BCUT2D eigenvalue weighted by molar-refractivity contribution is -0.167. The monoisotopic (exact) mass is 1030 g/mol. The Morgan fingerprint density at radius 1 is 0.280 bits per heavy atom. The first kappa shape index (κ1) is 70.3. The number of rotatable bonds is 53.